The molecule has 4 nitrogen and oxygen atoms in total. The van der Waals surface area contributed by atoms with Crippen LogP contribution in [0.4, 0.5) is 5.95 Å². The molecule has 1 aromatic heterocycles. The van der Waals surface area contributed by atoms with Crippen LogP contribution >= 0.6 is 15.9 Å². The molecule has 5 heteroatoms. The zero-order valence-corrected chi connectivity index (χ0v) is 13.9. The predicted octanol–water partition coefficient (Wildman–Crippen LogP) is 3.73. The molecule has 2 N–H and O–H groups in total. The summed E-state index contributed by atoms with van der Waals surface area (Å²) in [6.07, 6.45) is 0. The highest BCUT2D eigenvalue weighted by Crippen LogP contribution is 2.41. The van der Waals surface area contributed by atoms with Gasteiger partial charge in [0, 0.05) is 15.7 Å². The number of aromatic nitrogens is 2. The van der Waals surface area contributed by atoms with Crippen LogP contribution in [0.5, 0.6) is 5.75 Å². The Hall–Kier alpha value is -1.62. The average molecular weight is 336 g/mol. The van der Waals surface area contributed by atoms with Gasteiger partial charge in [-0.1, -0.05) is 15.9 Å². The molecule has 0 saturated heterocycles. The van der Waals surface area contributed by atoms with E-state index in [1.807, 2.05) is 26.8 Å². The average Bonchev–Trinajstić information content (AvgIpc) is 2.39. The minimum Gasteiger partial charge on any atom is -0.496 e. The fraction of sp³-hybridized carbons (Fsp3) is 0.333. The van der Waals surface area contributed by atoms with Crippen LogP contribution in [-0.2, 0) is 0 Å². The van der Waals surface area contributed by atoms with Crippen LogP contribution < -0.4 is 10.5 Å². The van der Waals surface area contributed by atoms with E-state index in [2.05, 4.69) is 32.8 Å². The number of halogens is 1. The van der Waals surface area contributed by atoms with Crippen molar-refractivity contribution in [3.8, 4) is 17.0 Å². The van der Waals surface area contributed by atoms with Gasteiger partial charge in [-0.05, 0) is 50.5 Å². The van der Waals surface area contributed by atoms with E-state index >= 15 is 0 Å². The number of hydrogen-bond acceptors (Lipinski definition) is 4. The monoisotopic (exact) mass is 335 g/mol. The van der Waals surface area contributed by atoms with Gasteiger partial charge in [-0.3, -0.25) is 0 Å². The summed E-state index contributed by atoms with van der Waals surface area (Å²) in [6.45, 7) is 8.05. The number of aryl methyl sites for hydroxylation is 1. The van der Waals surface area contributed by atoms with Crippen molar-refractivity contribution in [2.75, 3.05) is 12.8 Å². The predicted molar refractivity (Wildman–Crippen MR) is 85.1 cm³/mol. The maximum absolute atomic E-state index is 5.77. The van der Waals surface area contributed by atoms with Crippen LogP contribution in [0.25, 0.3) is 11.3 Å². The summed E-state index contributed by atoms with van der Waals surface area (Å²) in [5.74, 6) is 1.11. The Labute approximate surface area is 127 Å². The van der Waals surface area contributed by atoms with Gasteiger partial charge in [-0.2, -0.15) is 0 Å². The number of nitrogens with two attached hydrogens (primary N) is 1. The van der Waals surface area contributed by atoms with E-state index in [-0.39, 0.29) is 5.95 Å². The summed E-state index contributed by atoms with van der Waals surface area (Å²) in [7, 11) is 1.68. The van der Waals surface area contributed by atoms with Gasteiger partial charge in [-0.15, -0.1) is 0 Å². The molecular formula is C15H18BrN3O. The van der Waals surface area contributed by atoms with Crippen LogP contribution in [-0.4, -0.2) is 17.1 Å². The molecule has 2 rings (SSSR count). The van der Waals surface area contributed by atoms with Gasteiger partial charge < -0.3 is 10.5 Å². The third-order valence-corrected chi connectivity index (χ3v) is 4.68. The molecule has 0 aliphatic rings. The molecule has 0 amide bonds. The van der Waals surface area contributed by atoms with Crippen molar-refractivity contribution in [2.24, 2.45) is 0 Å². The van der Waals surface area contributed by atoms with E-state index < -0.39 is 0 Å². The van der Waals surface area contributed by atoms with E-state index in [0.717, 1.165) is 38.3 Å². The SMILES string of the molecule is COc1c(C)c(C)c(Br)c(C)c1-c1cc(C)nc(N)n1. The third kappa shape index (κ3) is 2.38. The second-order valence-electron chi connectivity index (χ2n) is 4.85. The van der Waals surface area contributed by atoms with Crippen molar-refractivity contribution in [3.63, 3.8) is 0 Å². The molecule has 1 aromatic carbocycles. The van der Waals surface area contributed by atoms with Gasteiger partial charge in [0.05, 0.1) is 12.8 Å². The van der Waals surface area contributed by atoms with Crippen molar-refractivity contribution < 1.29 is 4.74 Å². The molecule has 2 aromatic rings. The van der Waals surface area contributed by atoms with Crippen LogP contribution in [0.3, 0.4) is 0 Å². The Morgan fingerprint density at radius 3 is 2.25 bits per heavy atom. The Bertz CT molecular complexity index is 663. The minimum atomic E-state index is 0.274. The fourth-order valence-electron chi connectivity index (χ4n) is 2.37. The zero-order chi connectivity index (χ0) is 15.0. The summed E-state index contributed by atoms with van der Waals surface area (Å²) in [6, 6.07) is 1.92. The molecule has 0 unspecified atom stereocenters. The second kappa shape index (κ2) is 5.40. The van der Waals surface area contributed by atoms with Gasteiger partial charge in [0.15, 0.2) is 0 Å². The molecule has 0 aliphatic heterocycles. The smallest absolute Gasteiger partial charge is 0.220 e. The van der Waals surface area contributed by atoms with Crippen molar-refractivity contribution in [2.45, 2.75) is 27.7 Å². The van der Waals surface area contributed by atoms with Crippen LogP contribution in [0, 0.1) is 27.7 Å². The highest BCUT2D eigenvalue weighted by atomic mass is 79.9. The van der Waals surface area contributed by atoms with Crippen LogP contribution in [0.15, 0.2) is 10.5 Å². The third-order valence-electron chi connectivity index (χ3n) is 3.50. The topological polar surface area (TPSA) is 61.0 Å². The molecule has 1 heterocycles. The van der Waals surface area contributed by atoms with Crippen molar-refractivity contribution in [1.82, 2.24) is 9.97 Å². The van der Waals surface area contributed by atoms with Crippen LogP contribution in [0.2, 0.25) is 0 Å². The lowest BCUT2D eigenvalue weighted by Gasteiger charge is -2.18. The number of benzene rings is 1. The lowest BCUT2D eigenvalue weighted by Crippen LogP contribution is -2.03. The first kappa shape index (κ1) is 14.8. The van der Waals surface area contributed by atoms with Crippen molar-refractivity contribution in [1.29, 1.82) is 0 Å². The van der Waals surface area contributed by atoms with Crippen molar-refractivity contribution in [3.05, 3.63) is 32.9 Å². The zero-order valence-electron chi connectivity index (χ0n) is 12.3. The Kier molecular flexibility index (Phi) is 3.99. The first-order valence-electron chi connectivity index (χ1n) is 6.31. The summed E-state index contributed by atoms with van der Waals surface area (Å²) in [4.78, 5) is 8.47. The molecule has 0 atom stereocenters. The first-order chi connectivity index (χ1) is 9.36. The number of hydrogen-bond donors (Lipinski definition) is 1. The number of methoxy groups -OCH3 is 1. The van der Waals surface area contributed by atoms with E-state index in [1.54, 1.807) is 7.11 Å². The molecule has 20 heavy (non-hydrogen) atoms. The second-order valence-corrected chi connectivity index (χ2v) is 5.64. The number of rotatable bonds is 2. The van der Waals surface area contributed by atoms with Gasteiger partial charge in [0.2, 0.25) is 5.95 Å². The summed E-state index contributed by atoms with van der Waals surface area (Å²) in [5, 5.41) is 0. The number of ether oxygens (including phenoxy) is 1. The van der Waals surface area contributed by atoms with Gasteiger partial charge in [0.25, 0.3) is 0 Å². The molecule has 0 bridgehead atoms. The Morgan fingerprint density at radius 2 is 1.70 bits per heavy atom. The normalized spacial score (nSPS) is 10.7. The Balaban J connectivity index is 2.85. The summed E-state index contributed by atoms with van der Waals surface area (Å²) >= 11 is 3.65. The van der Waals surface area contributed by atoms with Gasteiger partial charge >= 0.3 is 0 Å². The Morgan fingerprint density at radius 1 is 1.05 bits per heavy atom. The van der Waals surface area contributed by atoms with Gasteiger partial charge in [-0.25, -0.2) is 9.97 Å². The molecule has 0 saturated carbocycles. The minimum absolute atomic E-state index is 0.274. The lowest BCUT2D eigenvalue weighted by atomic mass is 9.96. The number of anilines is 1. The largest absolute Gasteiger partial charge is 0.496 e. The van der Waals surface area contributed by atoms with Crippen LogP contribution in [0.1, 0.15) is 22.4 Å². The lowest BCUT2D eigenvalue weighted by molar-refractivity contribution is 0.412. The van der Waals surface area contributed by atoms with Gasteiger partial charge in [0.1, 0.15) is 5.75 Å². The molecule has 0 radical (unpaired) electrons. The van der Waals surface area contributed by atoms with E-state index in [0.29, 0.717) is 0 Å². The summed E-state index contributed by atoms with van der Waals surface area (Å²) < 4.78 is 6.67. The van der Waals surface area contributed by atoms with Crippen molar-refractivity contribution >= 4 is 21.9 Å². The standard InChI is InChI=1S/C15H18BrN3O/c1-7-6-11(19-15(17)18-7)12-10(4)13(16)8(2)9(3)14(12)20-5/h6H,1-5H3,(H2,17,18,19). The molecule has 0 fully saturated rings. The molecular weight excluding hydrogens is 318 g/mol. The quantitative estimate of drug-likeness (QED) is 0.908. The number of nitrogen functional groups attached to an aromatic ring is 1. The van der Waals surface area contributed by atoms with E-state index in [9.17, 15) is 0 Å². The number of nitrogens with zero attached hydrogens (tertiary/aromatic N) is 2. The van der Waals surface area contributed by atoms with E-state index in [1.165, 1.54) is 5.56 Å². The first-order valence-corrected chi connectivity index (χ1v) is 7.10. The molecule has 0 aliphatic carbocycles. The maximum atomic E-state index is 5.77. The summed E-state index contributed by atoms with van der Waals surface area (Å²) in [5.41, 5.74) is 11.7. The highest BCUT2D eigenvalue weighted by molar-refractivity contribution is 9.10. The maximum Gasteiger partial charge on any atom is 0.220 e. The fourth-order valence-corrected chi connectivity index (χ4v) is 2.86. The molecule has 0 spiro atoms. The molecule has 106 valence electrons. The van der Waals surface area contributed by atoms with E-state index in [4.69, 9.17) is 10.5 Å². The highest BCUT2D eigenvalue weighted by Gasteiger charge is 2.19.